The van der Waals surface area contributed by atoms with E-state index in [1.807, 2.05) is 13.0 Å². The Hall–Kier alpha value is -0.680. The Kier molecular flexibility index (Phi) is 3.62. The molecule has 0 saturated carbocycles. The van der Waals surface area contributed by atoms with Crippen molar-refractivity contribution in [3.8, 4) is 0 Å². The van der Waals surface area contributed by atoms with E-state index in [4.69, 9.17) is 12.2 Å². The Balaban J connectivity index is 2.87. The summed E-state index contributed by atoms with van der Waals surface area (Å²) in [7, 11) is 1.77. The summed E-state index contributed by atoms with van der Waals surface area (Å²) in [5.41, 5.74) is 1.96. The Labute approximate surface area is 91.1 Å². The molecule has 0 fully saturated rings. The van der Waals surface area contributed by atoms with Crippen LogP contribution in [0.25, 0.3) is 0 Å². The average Bonchev–Trinajstić information content (AvgIpc) is 2.11. The minimum absolute atomic E-state index is 0.577. The van der Waals surface area contributed by atoms with E-state index in [0.29, 0.717) is 5.11 Å². The number of aromatic nitrogens is 1. The number of anilines is 1. The molecule has 1 aromatic heterocycles. The van der Waals surface area contributed by atoms with Gasteiger partial charge in [0.25, 0.3) is 0 Å². The summed E-state index contributed by atoms with van der Waals surface area (Å²) in [6, 6.07) is 1.97. The fourth-order valence-electron chi connectivity index (χ4n) is 0.825. The largest absolute Gasteiger partial charge is 0.366 e. The minimum Gasteiger partial charge on any atom is -0.366 e. The fraction of sp³-hybridized carbons (Fsp3) is 0.250. The molecule has 5 heteroatoms. The van der Waals surface area contributed by atoms with Gasteiger partial charge in [-0.15, -0.1) is 0 Å². The second-order valence-electron chi connectivity index (χ2n) is 2.56. The van der Waals surface area contributed by atoms with Crippen LogP contribution in [0.5, 0.6) is 0 Å². The highest BCUT2D eigenvalue weighted by Crippen LogP contribution is 2.19. The van der Waals surface area contributed by atoms with Gasteiger partial charge in [0.2, 0.25) is 0 Å². The van der Waals surface area contributed by atoms with Crippen LogP contribution >= 0.6 is 28.1 Å². The first-order chi connectivity index (χ1) is 6.13. The molecule has 0 aliphatic carbocycles. The molecular formula is C8H10BrN3S. The van der Waals surface area contributed by atoms with Crippen LogP contribution in [0.1, 0.15) is 5.56 Å². The topological polar surface area (TPSA) is 37.0 Å². The number of hydrogen-bond donors (Lipinski definition) is 2. The van der Waals surface area contributed by atoms with E-state index in [9.17, 15) is 0 Å². The molecule has 0 saturated heterocycles. The maximum atomic E-state index is 4.97. The van der Waals surface area contributed by atoms with Crippen LogP contribution in [0.15, 0.2) is 16.9 Å². The van der Waals surface area contributed by atoms with E-state index in [1.54, 1.807) is 13.2 Å². The number of nitrogens with one attached hydrogen (secondary N) is 2. The average molecular weight is 260 g/mol. The van der Waals surface area contributed by atoms with Gasteiger partial charge in [0.05, 0.1) is 5.69 Å². The summed E-state index contributed by atoms with van der Waals surface area (Å²) in [6.07, 6.45) is 1.79. The zero-order valence-electron chi connectivity index (χ0n) is 7.39. The predicted octanol–water partition coefficient (Wildman–Crippen LogP) is 2.07. The Morgan fingerprint density at radius 1 is 1.62 bits per heavy atom. The van der Waals surface area contributed by atoms with Gasteiger partial charge in [-0.1, -0.05) is 0 Å². The van der Waals surface area contributed by atoms with Crippen molar-refractivity contribution in [1.82, 2.24) is 10.3 Å². The van der Waals surface area contributed by atoms with Gasteiger partial charge < -0.3 is 10.6 Å². The SMILES string of the molecule is CNC(=S)Nc1cc(C)cnc1Br. The quantitative estimate of drug-likeness (QED) is 0.598. The number of aryl methyl sites for hydroxylation is 1. The van der Waals surface area contributed by atoms with Gasteiger partial charge >= 0.3 is 0 Å². The summed E-state index contributed by atoms with van der Waals surface area (Å²) in [6.45, 7) is 1.98. The molecule has 3 nitrogen and oxygen atoms in total. The molecule has 13 heavy (non-hydrogen) atoms. The maximum Gasteiger partial charge on any atom is 0.170 e. The molecule has 0 aliphatic rings. The summed E-state index contributed by atoms with van der Waals surface area (Å²) >= 11 is 8.30. The van der Waals surface area contributed by atoms with E-state index in [-0.39, 0.29) is 0 Å². The van der Waals surface area contributed by atoms with Gasteiger partial charge in [-0.2, -0.15) is 0 Å². The van der Waals surface area contributed by atoms with E-state index in [2.05, 4.69) is 31.5 Å². The van der Waals surface area contributed by atoms with Crippen molar-refractivity contribution in [3.63, 3.8) is 0 Å². The van der Waals surface area contributed by atoms with E-state index >= 15 is 0 Å². The molecule has 70 valence electrons. The van der Waals surface area contributed by atoms with Crippen molar-refractivity contribution >= 4 is 38.9 Å². The highest BCUT2D eigenvalue weighted by molar-refractivity contribution is 9.10. The van der Waals surface area contributed by atoms with Crippen molar-refractivity contribution in [3.05, 3.63) is 22.4 Å². The van der Waals surface area contributed by atoms with E-state index in [1.165, 1.54) is 0 Å². The van der Waals surface area contributed by atoms with Crippen LogP contribution in [0.3, 0.4) is 0 Å². The predicted molar refractivity (Wildman–Crippen MR) is 62.0 cm³/mol. The molecular weight excluding hydrogens is 250 g/mol. The second kappa shape index (κ2) is 4.53. The highest BCUT2D eigenvalue weighted by Gasteiger charge is 2.01. The maximum absolute atomic E-state index is 4.97. The number of halogens is 1. The first-order valence-corrected chi connectivity index (χ1v) is 4.94. The molecule has 2 N–H and O–H groups in total. The fourth-order valence-corrected chi connectivity index (χ4v) is 1.25. The molecule has 1 rings (SSSR count). The van der Waals surface area contributed by atoms with Crippen molar-refractivity contribution in [2.75, 3.05) is 12.4 Å². The normalized spacial score (nSPS) is 9.46. The van der Waals surface area contributed by atoms with E-state index < -0.39 is 0 Å². The van der Waals surface area contributed by atoms with Gasteiger partial charge in [-0.3, -0.25) is 0 Å². The Morgan fingerprint density at radius 3 is 2.92 bits per heavy atom. The zero-order valence-corrected chi connectivity index (χ0v) is 9.79. The lowest BCUT2D eigenvalue weighted by molar-refractivity contribution is 1.18. The van der Waals surface area contributed by atoms with Crippen LogP contribution in [0.4, 0.5) is 5.69 Å². The number of nitrogens with zero attached hydrogens (tertiary/aromatic N) is 1. The minimum atomic E-state index is 0.577. The van der Waals surface area contributed by atoms with Crippen LogP contribution in [0.2, 0.25) is 0 Å². The molecule has 0 unspecified atom stereocenters. The third kappa shape index (κ3) is 2.93. The lowest BCUT2D eigenvalue weighted by Crippen LogP contribution is -2.24. The third-order valence-corrected chi connectivity index (χ3v) is 2.39. The zero-order chi connectivity index (χ0) is 9.84. The number of thiocarbonyl (C=S) groups is 1. The molecule has 0 radical (unpaired) electrons. The monoisotopic (exact) mass is 259 g/mol. The molecule has 1 aromatic rings. The number of pyridine rings is 1. The molecule has 0 bridgehead atoms. The molecule has 0 atom stereocenters. The van der Waals surface area contributed by atoms with Crippen LogP contribution in [-0.4, -0.2) is 17.1 Å². The molecule has 1 heterocycles. The first kappa shape index (κ1) is 10.4. The molecule has 0 amide bonds. The van der Waals surface area contributed by atoms with Gasteiger partial charge in [0, 0.05) is 13.2 Å². The van der Waals surface area contributed by atoms with Crippen LogP contribution < -0.4 is 10.6 Å². The van der Waals surface area contributed by atoms with Crippen LogP contribution in [-0.2, 0) is 0 Å². The standard InChI is InChI=1S/C8H10BrN3S/c1-5-3-6(7(9)11-4-5)12-8(13)10-2/h3-4H,1-2H3,(H2,10,12,13). The van der Waals surface area contributed by atoms with Gasteiger partial charge in [-0.05, 0) is 46.7 Å². The van der Waals surface area contributed by atoms with Crippen molar-refractivity contribution in [2.45, 2.75) is 6.92 Å². The van der Waals surface area contributed by atoms with Crippen LogP contribution in [0, 0.1) is 6.92 Å². The Bertz CT molecular complexity index is 327. The molecule has 0 aliphatic heterocycles. The second-order valence-corrected chi connectivity index (χ2v) is 3.71. The van der Waals surface area contributed by atoms with Crippen molar-refractivity contribution in [1.29, 1.82) is 0 Å². The van der Waals surface area contributed by atoms with E-state index in [0.717, 1.165) is 15.9 Å². The van der Waals surface area contributed by atoms with Gasteiger partial charge in [0.1, 0.15) is 4.60 Å². The lowest BCUT2D eigenvalue weighted by Gasteiger charge is -2.08. The smallest absolute Gasteiger partial charge is 0.170 e. The highest BCUT2D eigenvalue weighted by atomic mass is 79.9. The lowest BCUT2D eigenvalue weighted by atomic mass is 10.3. The third-order valence-electron chi connectivity index (χ3n) is 1.45. The summed E-state index contributed by atoms with van der Waals surface area (Å²) in [5, 5.41) is 6.42. The summed E-state index contributed by atoms with van der Waals surface area (Å²) < 4.78 is 0.760. The Morgan fingerprint density at radius 2 is 2.31 bits per heavy atom. The molecule has 0 spiro atoms. The number of rotatable bonds is 1. The first-order valence-electron chi connectivity index (χ1n) is 3.74. The number of hydrogen-bond acceptors (Lipinski definition) is 2. The summed E-state index contributed by atoms with van der Waals surface area (Å²) in [4.78, 5) is 4.13. The van der Waals surface area contributed by atoms with Gasteiger partial charge in [-0.25, -0.2) is 4.98 Å². The van der Waals surface area contributed by atoms with Gasteiger partial charge in [0.15, 0.2) is 5.11 Å². The van der Waals surface area contributed by atoms with Crippen molar-refractivity contribution < 1.29 is 0 Å². The van der Waals surface area contributed by atoms with Crippen molar-refractivity contribution in [2.24, 2.45) is 0 Å². The molecule has 0 aromatic carbocycles. The summed E-state index contributed by atoms with van der Waals surface area (Å²) in [5.74, 6) is 0.